The number of ether oxygens (including phenoxy) is 1. The Hall–Kier alpha value is -1.01. The summed E-state index contributed by atoms with van der Waals surface area (Å²) in [5.74, 6) is 1.61. The van der Waals surface area contributed by atoms with Crippen LogP contribution in [-0.4, -0.2) is 26.4 Å². The van der Waals surface area contributed by atoms with Crippen molar-refractivity contribution in [1.82, 2.24) is 19.8 Å². The normalized spacial score (nSPS) is 25.4. The minimum absolute atomic E-state index is 0.188. The van der Waals surface area contributed by atoms with E-state index in [4.69, 9.17) is 4.74 Å². The molecule has 2 aliphatic rings. The number of rotatable bonds is 2. The first-order chi connectivity index (χ1) is 8.92. The SMILES string of the molecule is C1CCC(c2nnc3sc([C@@H]4CCCO4)nn23)C1. The second-order valence-corrected chi connectivity index (χ2v) is 6.16. The Balaban J connectivity index is 1.71. The molecule has 0 spiro atoms. The van der Waals surface area contributed by atoms with Crippen molar-refractivity contribution < 1.29 is 4.74 Å². The average Bonchev–Trinajstić information content (AvgIpc) is 3.13. The van der Waals surface area contributed by atoms with Gasteiger partial charge in [0.15, 0.2) is 5.82 Å². The molecule has 4 rings (SSSR count). The van der Waals surface area contributed by atoms with Crippen molar-refractivity contribution in [3.63, 3.8) is 0 Å². The van der Waals surface area contributed by atoms with E-state index in [0.717, 1.165) is 35.2 Å². The van der Waals surface area contributed by atoms with Gasteiger partial charge in [-0.25, -0.2) is 0 Å². The molecule has 2 aromatic rings. The molecule has 1 aliphatic carbocycles. The first-order valence-corrected chi connectivity index (χ1v) is 7.57. The molecule has 0 N–H and O–H groups in total. The summed E-state index contributed by atoms with van der Waals surface area (Å²) >= 11 is 1.63. The third-order valence-corrected chi connectivity index (χ3v) is 4.95. The Bertz CT molecular complexity index is 551. The predicted octanol–water partition coefficient (Wildman–Crippen LogP) is 2.69. The highest BCUT2D eigenvalue weighted by Gasteiger charge is 2.27. The number of fused-ring (bicyclic) bond motifs is 1. The summed E-state index contributed by atoms with van der Waals surface area (Å²) in [5.41, 5.74) is 0. The Kier molecular flexibility index (Phi) is 2.58. The van der Waals surface area contributed by atoms with Crippen LogP contribution in [0.15, 0.2) is 0 Å². The van der Waals surface area contributed by atoms with Crippen molar-refractivity contribution in [2.24, 2.45) is 0 Å². The molecule has 0 amide bonds. The van der Waals surface area contributed by atoms with Gasteiger partial charge in [-0.1, -0.05) is 24.2 Å². The highest BCUT2D eigenvalue weighted by molar-refractivity contribution is 7.16. The van der Waals surface area contributed by atoms with Crippen LogP contribution in [0.5, 0.6) is 0 Å². The first kappa shape index (κ1) is 10.9. The third kappa shape index (κ3) is 1.66. The van der Waals surface area contributed by atoms with Gasteiger partial charge < -0.3 is 4.74 Å². The summed E-state index contributed by atoms with van der Waals surface area (Å²) < 4.78 is 7.65. The van der Waals surface area contributed by atoms with Gasteiger partial charge in [-0.3, -0.25) is 0 Å². The van der Waals surface area contributed by atoms with E-state index < -0.39 is 0 Å². The van der Waals surface area contributed by atoms with Gasteiger partial charge in [-0.2, -0.15) is 9.61 Å². The average molecular weight is 264 g/mol. The molecular formula is C12H16N4OS. The molecule has 0 bridgehead atoms. The second kappa shape index (κ2) is 4.28. The molecule has 3 heterocycles. The van der Waals surface area contributed by atoms with Crippen molar-refractivity contribution >= 4 is 16.3 Å². The Morgan fingerprint density at radius 2 is 2.00 bits per heavy atom. The van der Waals surface area contributed by atoms with E-state index in [1.54, 1.807) is 11.3 Å². The van der Waals surface area contributed by atoms with Crippen LogP contribution < -0.4 is 0 Å². The second-order valence-electron chi connectivity index (χ2n) is 5.18. The molecule has 1 aliphatic heterocycles. The van der Waals surface area contributed by atoms with Crippen LogP contribution in [0.2, 0.25) is 0 Å². The molecule has 2 fully saturated rings. The van der Waals surface area contributed by atoms with Gasteiger partial charge in [0, 0.05) is 12.5 Å². The fourth-order valence-corrected chi connectivity index (χ4v) is 3.92. The van der Waals surface area contributed by atoms with E-state index in [0.29, 0.717) is 5.92 Å². The van der Waals surface area contributed by atoms with E-state index in [-0.39, 0.29) is 6.10 Å². The van der Waals surface area contributed by atoms with Crippen LogP contribution in [0.3, 0.4) is 0 Å². The van der Waals surface area contributed by atoms with Crippen molar-refractivity contribution in [2.45, 2.75) is 50.5 Å². The van der Waals surface area contributed by atoms with E-state index in [1.807, 2.05) is 4.52 Å². The highest BCUT2D eigenvalue weighted by atomic mass is 32.1. The molecule has 0 aromatic carbocycles. The van der Waals surface area contributed by atoms with E-state index in [2.05, 4.69) is 15.3 Å². The van der Waals surface area contributed by atoms with Gasteiger partial charge in [0.05, 0.1) is 0 Å². The topological polar surface area (TPSA) is 52.3 Å². The zero-order chi connectivity index (χ0) is 11.9. The molecule has 1 saturated heterocycles. The molecule has 0 unspecified atom stereocenters. The fraction of sp³-hybridized carbons (Fsp3) is 0.750. The molecule has 2 aromatic heterocycles. The smallest absolute Gasteiger partial charge is 0.234 e. The minimum atomic E-state index is 0.188. The van der Waals surface area contributed by atoms with Crippen molar-refractivity contribution in [2.75, 3.05) is 6.61 Å². The highest BCUT2D eigenvalue weighted by Crippen LogP contribution is 2.35. The first-order valence-electron chi connectivity index (χ1n) is 6.75. The van der Waals surface area contributed by atoms with Gasteiger partial charge in [-0.15, -0.1) is 10.2 Å². The maximum atomic E-state index is 5.69. The van der Waals surface area contributed by atoms with Crippen LogP contribution in [0, 0.1) is 0 Å². The van der Waals surface area contributed by atoms with E-state index in [1.165, 1.54) is 25.7 Å². The largest absolute Gasteiger partial charge is 0.371 e. The summed E-state index contributed by atoms with van der Waals surface area (Å²) in [4.78, 5) is 0.919. The van der Waals surface area contributed by atoms with Crippen LogP contribution in [-0.2, 0) is 4.74 Å². The lowest BCUT2D eigenvalue weighted by molar-refractivity contribution is 0.111. The number of hydrogen-bond acceptors (Lipinski definition) is 5. The molecule has 6 heteroatoms. The maximum absolute atomic E-state index is 5.69. The molecule has 5 nitrogen and oxygen atoms in total. The van der Waals surface area contributed by atoms with Crippen molar-refractivity contribution in [1.29, 1.82) is 0 Å². The van der Waals surface area contributed by atoms with Crippen LogP contribution >= 0.6 is 11.3 Å². The molecule has 0 radical (unpaired) electrons. The van der Waals surface area contributed by atoms with Crippen LogP contribution in [0.4, 0.5) is 0 Å². The molecule has 18 heavy (non-hydrogen) atoms. The fourth-order valence-electron chi connectivity index (χ4n) is 2.99. The van der Waals surface area contributed by atoms with Gasteiger partial charge >= 0.3 is 0 Å². The number of aromatic nitrogens is 4. The lowest BCUT2D eigenvalue weighted by Gasteiger charge is -2.05. The quantitative estimate of drug-likeness (QED) is 0.837. The Morgan fingerprint density at radius 3 is 2.78 bits per heavy atom. The molecule has 96 valence electrons. The van der Waals surface area contributed by atoms with E-state index in [9.17, 15) is 0 Å². The maximum Gasteiger partial charge on any atom is 0.234 e. The zero-order valence-electron chi connectivity index (χ0n) is 10.2. The Morgan fingerprint density at radius 1 is 1.11 bits per heavy atom. The number of nitrogens with zero attached hydrogens (tertiary/aromatic N) is 4. The van der Waals surface area contributed by atoms with Gasteiger partial charge in [-0.05, 0) is 25.7 Å². The lowest BCUT2D eigenvalue weighted by Crippen LogP contribution is -2.03. The van der Waals surface area contributed by atoms with Gasteiger partial charge in [0.1, 0.15) is 11.1 Å². The summed E-state index contributed by atoms with van der Waals surface area (Å²) in [6.07, 6.45) is 7.49. The predicted molar refractivity (Wildman–Crippen MR) is 67.8 cm³/mol. The minimum Gasteiger partial charge on any atom is -0.371 e. The van der Waals surface area contributed by atoms with Crippen molar-refractivity contribution in [3.05, 3.63) is 10.8 Å². The lowest BCUT2D eigenvalue weighted by atomic mass is 10.1. The van der Waals surface area contributed by atoms with Crippen LogP contribution in [0.25, 0.3) is 4.96 Å². The standard InChI is InChI=1S/C12H16N4OS/c1-2-5-8(4-1)10-13-14-12-16(10)15-11(18-12)9-6-3-7-17-9/h8-9H,1-7H2/t9-/m0/s1. The summed E-state index contributed by atoms with van der Waals surface area (Å²) in [5, 5.41) is 14.3. The van der Waals surface area contributed by atoms with Gasteiger partial charge in [0.25, 0.3) is 0 Å². The van der Waals surface area contributed by atoms with Crippen molar-refractivity contribution in [3.8, 4) is 0 Å². The summed E-state index contributed by atoms with van der Waals surface area (Å²) in [7, 11) is 0. The summed E-state index contributed by atoms with van der Waals surface area (Å²) in [6.45, 7) is 0.861. The summed E-state index contributed by atoms with van der Waals surface area (Å²) in [6, 6.07) is 0. The number of hydrogen-bond donors (Lipinski definition) is 0. The van der Waals surface area contributed by atoms with Crippen LogP contribution in [0.1, 0.15) is 61.4 Å². The Labute approximate surface area is 109 Å². The monoisotopic (exact) mass is 264 g/mol. The molecule has 1 atom stereocenters. The third-order valence-electron chi connectivity index (χ3n) is 3.96. The van der Waals surface area contributed by atoms with Gasteiger partial charge in [0.2, 0.25) is 4.96 Å². The zero-order valence-corrected chi connectivity index (χ0v) is 11.0. The van der Waals surface area contributed by atoms with E-state index >= 15 is 0 Å². The molecule has 1 saturated carbocycles. The molecular weight excluding hydrogens is 248 g/mol.